The zero-order valence-corrected chi connectivity index (χ0v) is 10.7. The van der Waals surface area contributed by atoms with Crippen molar-refractivity contribution in [2.45, 2.75) is 32.6 Å². The van der Waals surface area contributed by atoms with Gasteiger partial charge in [-0.3, -0.25) is 4.79 Å². The van der Waals surface area contributed by atoms with Gasteiger partial charge in [0.15, 0.2) is 11.0 Å². The molecule has 4 heteroatoms. The van der Waals surface area contributed by atoms with Gasteiger partial charge in [0.05, 0.1) is 19.4 Å². The number of unbranched alkanes of at least 4 members (excludes halogenated alkanes) is 1. The molecule has 2 rings (SSSR count). The third-order valence-corrected chi connectivity index (χ3v) is 2.84. The molecule has 0 bridgehead atoms. The molecule has 4 nitrogen and oxygen atoms in total. The number of ether oxygens (including phenoxy) is 1. The summed E-state index contributed by atoms with van der Waals surface area (Å²) in [5.74, 6) is 0.833. The summed E-state index contributed by atoms with van der Waals surface area (Å²) in [7, 11) is 0. The van der Waals surface area contributed by atoms with Gasteiger partial charge >= 0.3 is 5.97 Å². The topological polar surface area (TPSA) is 56.2 Å². The van der Waals surface area contributed by atoms with Gasteiger partial charge in [-0.15, -0.1) is 0 Å². The van der Waals surface area contributed by atoms with E-state index in [1.807, 2.05) is 24.3 Å². The van der Waals surface area contributed by atoms with Gasteiger partial charge in [0, 0.05) is 0 Å². The predicted molar refractivity (Wildman–Crippen MR) is 69.0 cm³/mol. The summed E-state index contributed by atoms with van der Waals surface area (Å²) in [4.78, 5) is 18.0. The fourth-order valence-electron chi connectivity index (χ4n) is 1.81. The van der Waals surface area contributed by atoms with Gasteiger partial charge in [0.1, 0.15) is 0 Å². The summed E-state index contributed by atoms with van der Waals surface area (Å²) in [5, 5.41) is 0. The van der Waals surface area contributed by atoms with Crippen molar-refractivity contribution in [3.63, 3.8) is 0 Å². The highest BCUT2D eigenvalue weighted by atomic mass is 16.5. The van der Waals surface area contributed by atoms with Crippen LogP contribution in [-0.2, 0) is 16.0 Å². The van der Waals surface area contributed by atoms with E-state index < -0.39 is 0 Å². The van der Waals surface area contributed by atoms with Crippen molar-refractivity contribution in [1.82, 2.24) is 4.98 Å². The van der Waals surface area contributed by atoms with Gasteiger partial charge in [0.25, 0.3) is 5.82 Å². The van der Waals surface area contributed by atoms with E-state index >= 15 is 0 Å². The van der Waals surface area contributed by atoms with Crippen molar-refractivity contribution in [1.29, 1.82) is 0 Å². The molecule has 0 aliphatic rings. The van der Waals surface area contributed by atoms with Gasteiger partial charge in [-0.05, 0) is 18.6 Å². The van der Waals surface area contributed by atoms with Gasteiger partial charge < -0.3 is 4.74 Å². The third-order valence-electron chi connectivity index (χ3n) is 2.84. The predicted octanol–water partition coefficient (Wildman–Crippen LogP) is 2.26. The van der Waals surface area contributed by atoms with E-state index in [1.54, 1.807) is 0 Å². The van der Waals surface area contributed by atoms with Crippen LogP contribution in [0.15, 0.2) is 24.3 Å². The fraction of sp³-hybridized carbons (Fsp3) is 0.429. The van der Waals surface area contributed by atoms with Crippen molar-refractivity contribution in [2.24, 2.45) is 0 Å². The molecule has 0 aliphatic heterocycles. The molecule has 0 atom stereocenters. The van der Waals surface area contributed by atoms with Gasteiger partial charge in [-0.1, -0.05) is 25.5 Å². The lowest BCUT2D eigenvalue weighted by molar-refractivity contribution is -0.357. The number of benzene rings is 1. The molecule has 96 valence electrons. The van der Waals surface area contributed by atoms with Gasteiger partial charge in [-0.2, -0.15) is 0 Å². The Kier molecular flexibility index (Phi) is 4.34. The van der Waals surface area contributed by atoms with Crippen molar-refractivity contribution < 1.29 is 14.5 Å². The van der Waals surface area contributed by atoms with E-state index in [4.69, 9.17) is 4.74 Å². The first kappa shape index (κ1) is 12.6. The summed E-state index contributed by atoms with van der Waals surface area (Å²) < 4.78 is 5.11. The number of hydrogen-bond donors (Lipinski definition) is 1. The summed E-state index contributed by atoms with van der Waals surface area (Å²) in [5.41, 5.74) is 2.12. The van der Waals surface area contributed by atoms with Crippen LogP contribution in [-0.4, -0.2) is 17.6 Å². The number of aryl methyl sites for hydroxylation is 1. The highest BCUT2D eigenvalue weighted by molar-refractivity contribution is 5.71. The molecule has 0 saturated carbocycles. The fourth-order valence-corrected chi connectivity index (χ4v) is 1.81. The van der Waals surface area contributed by atoms with Crippen LogP contribution in [0.4, 0.5) is 0 Å². The van der Waals surface area contributed by atoms with Crippen molar-refractivity contribution in [2.75, 3.05) is 6.61 Å². The zero-order chi connectivity index (χ0) is 12.8. The number of aromatic nitrogens is 2. The minimum Gasteiger partial charge on any atom is -0.466 e. The molecule has 1 aromatic heterocycles. The van der Waals surface area contributed by atoms with E-state index in [1.165, 1.54) is 0 Å². The quantitative estimate of drug-likeness (QED) is 0.628. The Balaban J connectivity index is 1.84. The van der Waals surface area contributed by atoms with E-state index in [2.05, 4.69) is 16.9 Å². The average molecular weight is 247 g/mol. The van der Waals surface area contributed by atoms with Gasteiger partial charge in [-0.25, -0.2) is 9.97 Å². The van der Waals surface area contributed by atoms with Crippen molar-refractivity contribution >= 4 is 17.0 Å². The maximum atomic E-state index is 11.5. The first-order valence-corrected chi connectivity index (χ1v) is 6.44. The van der Waals surface area contributed by atoms with Crippen LogP contribution >= 0.6 is 0 Å². The molecule has 0 amide bonds. The molecule has 0 aliphatic carbocycles. The zero-order valence-electron chi connectivity index (χ0n) is 10.7. The normalized spacial score (nSPS) is 10.7. The molecule has 0 fully saturated rings. The van der Waals surface area contributed by atoms with Crippen LogP contribution in [0.1, 0.15) is 32.0 Å². The Morgan fingerprint density at radius 1 is 1.39 bits per heavy atom. The number of imidazole rings is 1. The number of hydrogen-bond acceptors (Lipinski definition) is 2. The molecular weight excluding hydrogens is 228 g/mol. The minimum absolute atomic E-state index is 0.129. The highest BCUT2D eigenvalue weighted by Crippen LogP contribution is 2.07. The lowest BCUT2D eigenvalue weighted by Gasteiger charge is -2.01. The number of para-hydroxylation sites is 2. The summed E-state index contributed by atoms with van der Waals surface area (Å²) >= 11 is 0. The number of esters is 1. The molecular formula is C14H19N2O2+. The van der Waals surface area contributed by atoms with E-state index in [-0.39, 0.29) is 5.97 Å². The lowest BCUT2D eigenvalue weighted by atomic mass is 10.3. The number of carbonyl (C=O) groups excluding carboxylic acids is 1. The second-order valence-electron chi connectivity index (χ2n) is 4.35. The molecule has 0 unspecified atom stereocenters. The molecule has 0 radical (unpaired) electrons. The van der Waals surface area contributed by atoms with Gasteiger partial charge in [0.2, 0.25) is 0 Å². The Morgan fingerprint density at radius 2 is 2.22 bits per heavy atom. The Hall–Kier alpha value is -1.84. The van der Waals surface area contributed by atoms with Crippen LogP contribution in [0.2, 0.25) is 0 Å². The highest BCUT2D eigenvalue weighted by Gasteiger charge is 2.11. The molecule has 18 heavy (non-hydrogen) atoms. The lowest BCUT2D eigenvalue weighted by Crippen LogP contribution is -2.12. The third kappa shape index (κ3) is 3.32. The SMILES string of the molecule is CCCCOC(=O)CCc1[nH]c2ccccc2[nH+]1. The first-order valence-electron chi connectivity index (χ1n) is 6.44. The second-order valence-corrected chi connectivity index (χ2v) is 4.35. The van der Waals surface area contributed by atoms with E-state index in [0.717, 1.165) is 29.7 Å². The van der Waals surface area contributed by atoms with Crippen molar-refractivity contribution in [3.05, 3.63) is 30.1 Å². The largest absolute Gasteiger partial charge is 0.466 e. The van der Waals surface area contributed by atoms with Crippen LogP contribution in [0.5, 0.6) is 0 Å². The Morgan fingerprint density at radius 3 is 3.00 bits per heavy atom. The van der Waals surface area contributed by atoms with Crippen LogP contribution in [0, 0.1) is 0 Å². The average Bonchev–Trinajstić information content (AvgIpc) is 2.79. The molecule has 0 saturated heterocycles. The van der Waals surface area contributed by atoms with Crippen molar-refractivity contribution in [3.8, 4) is 0 Å². The summed E-state index contributed by atoms with van der Waals surface area (Å²) in [6.45, 7) is 2.61. The molecule has 0 spiro atoms. The number of fused-ring (bicyclic) bond motifs is 1. The Bertz CT molecular complexity index is 486. The Labute approximate surface area is 106 Å². The van der Waals surface area contributed by atoms with Crippen LogP contribution < -0.4 is 4.98 Å². The summed E-state index contributed by atoms with van der Waals surface area (Å²) in [6, 6.07) is 7.98. The van der Waals surface area contributed by atoms with Crippen LogP contribution in [0.3, 0.4) is 0 Å². The second kappa shape index (κ2) is 6.19. The maximum absolute atomic E-state index is 11.5. The monoisotopic (exact) mass is 247 g/mol. The number of rotatable bonds is 6. The number of carbonyl (C=O) groups is 1. The molecule has 1 aromatic carbocycles. The molecule has 2 aromatic rings. The van der Waals surface area contributed by atoms with Crippen LogP contribution in [0.25, 0.3) is 11.0 Å². The molecule has 2 N–H and O–H groups in total. The summed E-state index contributed by atoms with van der Waals surface area (Å²) in [6.07, 6.45) is 3.04. The van der Waals surface area contributed by atoms with E-state index in [9.17, 15) is 4.79 Å². The smallest absolute Gasteiger partial charge is 0.306 e. The minimum atomic E-state index is -0.129. The number of aromatic amines is 2. The standard InChI is InChI=1S/C14H18N2O2/c1-2-3-10-18-14(17)9-8-13-15-11-6-4-5-7-12(11)16-13/h4-7H,2-3,8-10H2,1H3,(H,15,16)/p+1. The number of H-pyrrole nitrogens is 2. The molecule has 1 heterocycles. The van der Waals surface area contributed by atoms with E-state index in [0.29, 0.717) is 19.4 Å². The number of nitrogens with one attached hydrogen (secondary N) is 2. The first-order chi connectivity index (χ1) is 8.79. The maximum Gasteiger partial charge on any atom is 0.306 e.